The van der Waals surface area contributed by atoms with Gasteiger partial charge in [-0.1, -0.05) is 36.4 Å². The van der Waals surface area contributed by atoms with Crippen molar-refractivity contribution in [1.29, 1.82) is 0 Å². The van der Waals surface area contributed by atoms with Gasteiger partial charge < -0.3 is 10.2 Å². The lowest BCUT2D eigenvalue weighted by Crippen LogP contribution is -2.06. The highest BCUT2D eigenvalue weighted by atomic mass is 16.4. The Kier molecular flexibility index (Phi) is 5.53. The summed E-state index contributed by atoms with van der Waals surface area (Å²) in [7, 11) is 0. The van der Waals surface area contributed by atoms with E-state index in [2.05, 4.69) is 0 Å². The van der Waals surface area contributed by atoms with Gasteiger partial charge in [-0.05, 0) is 97.2 Å². The minimum atomic E-state index is -0.921. The lowest BCUT2D eigenvalue weighted by Gasteiger charge is -2.18. The van der Waals surface area contributed by atoms with E-state index in [9.17, 15) is 19.8 Å². The van der Waals surface area contributed by atoms with Crippen molar-refractivity contribution in [1.82, 2.24) is 0 Å². The molecule has 0 aliphatic heterocycles. The number of carbonyl (C=O) groups is 2. The van der Waals surface area contributed by atoms with Crippen molar-refractivity contribution in [3.05, 3.63) is 80.9 Å². The lowest BCUT2D eigenvalue weighted by atomic mass is 9.86. The number of rotatable bonds is 4. The molecule has 3 aromatic rings. The molecular formula is C26H26O4. The van der Waals surface area contributed by atoms with Crippen molar-refractivity contribution in [2.45, 2.75) is 41.5 Å². The molecule has 3 aromatic carbocycles. The molecule has 4 nitrogen and oxygen atoms in total. The molecule has 154 valence electrons. The summed E-state index contributed by atoms with van der Waals surface area (Å²) in [6.07, 6.45) is 0. The minimum Gasteiger partial charge on any atom is -0.478 e. The summed E-state index contributed by atoms with van der Waals surface area (Å²) in [6, 6.07) is 11.7. The zero-order valence-corrected chi connectivity index (χ0v) is 18.2. The molecule has 0 spiro atoms. The molecule has 30 heavy (non-hydrogen) atoms. The zero-order chi connectivity index (χ0) is 22.3. The minimum absolute atomic E-state index is 0.344. The first kappa shape index (κ1) is 21.3. The fourth-order valence-electron chi connectivity index (χ4n) is 4.72. The quantitative estimate of drug-likeness (QED) is 0.539. The number of hydrogen-bond donors (Lipinski definition) is 2. The van der Waals surface area contributed by atoms with Crippen LogP contribution in [0.1, 0.15) is 54.1 Å². The summed E-state index contributed by atoms with van der Waals surface area (Å²) in [5, 5.41) is 19.2. The smallest absolute Gasteiger partial charge is 0.336 e. The molecule has 0 aliphatic rings. The first-order valence-electron chi connectivity index (χ1n) is 9.83. The largest absolute Gasteiger partial charge is 0.478 e. The number of aromatic carboxylic acids is 2. The third-order valence-electron chi connectivity index (χ3n) is 5.83. The Morgan fingerprint density at radius 2 is 0.867 bits per heavy atom. The Bertz CT molecular complexity index is 1090. The van der Waals surface area contributed by atoms with Gasteiger partial charge in [0, 0.05) is 0 Å². The van der Waals surface area contributed by atoms with Crippen molar-refractivity contribution >= 4 is 11.9 Å². The third-order valence-corrected chi connectivity index (χ3v) is 5.83. The van der Waals surface area contributed by atoms with Crippen LogP contribution >= 0.6 is 0 Å². The molecule has 0 bridgehead atoms. The van der Waals surface area contributed by atoms with Gasteiger partial charge in [0.1, 0.15) is 0 Å². The van der Waals surface area contributed by atoms with Crippen LogP contribution in [0.5, 0.6) is 0 Å². The van der Waals surface area contributed by atoms with Crippen LogP contribution < -0.4 is 0 Å². The predicted molar refractivity (Wildman–Crippen MR) is 120 cm³/mol. The molecule has 4 heteroatoms. The fraction of sp³-hybridized carbons (Fsp3) is 0.231. The van der Waals surface area contributed by atoms with E-state index in [1.165, 1.54) is 0 Å². The second-order valence-electron chi connectivity index (χ2n) is 7.96. The summed E-state index contributed by atoms with van der Waals surface area (Å²) >= 11 is 0. The summed E-state index contributed by atoms with van der Waals surface area (Å²) in [6.45, 7) is 11.3. The molecule has 0 radical (unpaired) electrons. The van der Waals surface area contributed by atoms with Crippen molar-refractivity contribution in [2.24, 2.45) is 0 Å². The predicted octanol–water partition coefficient (Wildman–Crippen LogP) is 6.27. The molecule has 0 unspecified atom stereocenters. The van der Waals surface area contributed by atoms with Crippen LogP contribution in [0, 0.1) is 41.5 Å². The highest BCUT2D eigenvalue weighted by molar-refractivity contribution is 5.95. The highest BCUT2D eigenvalue weighted by Crippen LogP contribution is 2.35. The Labute approximate surface area is 176 Å². The second-order valence-corrected chi connectivity index (χ2v) is 7.96. The van der Waals surface area contributed by atoms with Crippen LogP contribution in [0.4, 0.5) is 0 Å². The molecular weight excluding hydrogens is 376 g/mol. The van der Waals surface area contributed by atoms with Gasteiger partial charge in [-0.3, -0.25) is 0 Å². The highest BCUT2D eigenvalue weighted by Gasteiger charge is 2.19. The topological polar surface area (TPSA) is 74.6 Å². The Hall–Kier alpha value is -3.40. The van der Waals surface area contributed by atoms with Crippen molar-refractivity contribution < 1.29 is 19.8 Å². The van der Waals surface area contributed by atoms with E-state index in [1.807, 2.05) is 77.9 Å². The molecule has 0 saturated heterocycles. The molecule has 3 rings (SSSR count). The first-order valence-corrected chi connectivity index (χ1v) is 9.83. The van der Waals surface area contributed by atoms with Crippen LogP contribution in [-0.2, 0) is 0 Å². The number of aryl methyl sites for hydroxylation is 4. The fourth-order valence-corrected chi connectivity index (χ4v) is 4.72. The second kappa shape index (κ2) is 7.79. The van der Waals surface area contributed by atoms with E-state index in [0.717, 1.165) is 55.6 Å². The van der Waals surface area contributed by atoms with E-state index < -0.39 is 11.9 Å². The van der Waals surface area contributed by atoms with E-state index in [4.69, 9.17) is 0 Å². The summed E-state index contributed by atoms with van der Waals surface area (Å²) in [4.78, 5) is 23.4. The molecule has 0 amide bonds. The maximum absolute atomic E-state index is 11.7. The van der Waals surface area contributed by atoms with Crippen molar-refractivity contribution in [3.8, 4) is 22.3 Å². The summed E-state index contributed by atoms with van der Waals surface area (Å²) in [5.41, 5.74) is 9.49. The SMILES string of the molecule is Cc1cc(C)c(-c2ccc(-c3c(C)cc(C)c(C(=O)O)c3C)cc2)c(C)c1C(=O)O. The van der Waals surface area contributed by atoms with E-state index in [-0.39, 0.29) is 0 Å². The van der Waals surface area contributed by atoms with Crippen LogP contribution in [0.3, 0.4) is 0 Å². The lowest BCUT2D eigenvalue weighted by molar-refractivity contribution is 0.0684. The molecule has 0 saturated carbocycles. The normalized spacial score (nSPS) is 10.9. The van der Waals surface area contributed by atoms with E-state index in [0.29, 0.717) is 11.1 Å². The molecule has 0 atom stereocenters. The molecule has 2 N–H and O–H groups in total. The van der Waals surface area contributed by atoms with Gasteiger partial charge in [-0.15, -0.1) is 0 Å². The number of carboxylic acids is 2. The van der Waals surface area contributed by atoms with Crippen LogP contribution in [-0.4, -0.2) is 22.2 Å². The van der Waals surface area contributed by atoms with E-state index >= 15 is 0 Å². The molecule has 0 aromatic heterocycles. The van der Waals surface area contributed by atoms with Gasteiger partial charge in [0.2, 0.25) is 0 Å². The van der Waals surface area contributed by atoms with Crippen LogP contribution in [0.15, 0.2) is 36.4 Å². The Morgan fingerprint density at radius 1 is 0.567 bits per heavy atom. The zero-order valence-electron chi connectivity index (χ0n) is 18.2. The number of benzene rings is 3. The van der Waals surface area contributed by atoms with Gasteiger partial charge in [-0.25, -0.2) is 9.59 Å². The maximum Gasteiger partial charge on any atom is 0.336 e. The summed E-state index contributed by atoms with van der Waals surface area (Å²) < 4.78 is 0. The van der Waals surface area contributed by atoms with Crippen LogP contribution in [0.2, 0.25) is 0 Å². The Morgan fingerprint density at radius 3 is 1.13 bits per heavy atom. The molecule has 0 fully saturated rings. The number of hydrogen-bond acceptors (Lipinski definition) is 2. The third kappa shape index (κ3) is 3.50. The molecule has 0 heterocycles. The average Bonchev–Trinajstić information content (AvgIpc) is 2.61. The van der Waals surface area contributed by atoms with Gasteiger partial charge in [-0.2, -0.15) is 0 Å². The average molecular weight is 402 g/mol. The summed E-state index contributed by atoms with van der Waals surface area (Å²) in [5.74, 6) is -1.84. The van der Waals surface area contributed by atoms with Gasteiger partial charge >= 0.3 is 11.9 Å². The van der Waals surface area contributed by atoms with Crippen LogP contribution in [0.25, 0.3) is 22.3 Å². The van der Waals surface area contributed by atoms with E-state index in [1.54, 1.807) is 0 Å². The number of carboxylic acid groups (broad SMARTS) is 2. The molecule has 0 aliphatic carbocycles. The monoisotopic (exact) mass is 402 g/mol. The van der Waals surface area contributed by atoms with Crippen molar-refractivity contribution in [3.63, 3.8) is 0 Å². The Balaban J connectivity index is 2.17. The standard InChI is InChI=1S/C26H26O4/c1-13-11-15(3)23(25(27)28)17(5)21(13)19-7-9-20(10-8-19)22-14(2)12-16(4)24(18(22)6)26(29)30/h7-12H,1-6H3,(H,27,28)(H,29,30). The van der Waals surface area contributed by atoms with Gasteiger partial charge in [0.05, 0.1) is 11.1 Å². The van der Waals surface area contributed by atoms with Gasteiger partial charge in [0.25, 0.3) is 0 Å². The van der Waals surface area contributed by atoms with Crippen molar-refractivity contribution in [2.75, 3.05) is 0 Å². The first-order chi connectivity index (χ1) is 14.0. The van der Waals surface area contributed by atoms with Gasteiger partial charge in [0.15, 0.2) is 0 Å². The maximum atomic E-state index is 11.7.